The summed E-state index contributed by atoms with van der Waals surface area (Å²) in [6.07, 6.45) is 0. The number of carbonyl (C=O) groups excluding carboxylic acids is 1. The van der Waals surface area contributed by atoms with E-state index >= 15 is 0 Å². The predicted octanol–water partition coefficient (Wildman–Crippen LogP) is 1.83. The van der Waals surface area contributed by atoms with Gasteiger partial charge in [-0.1, -0.05) is 26.0 Å². The lowest BCUT2D eigenvalue weighted by Gasteiger charge is -2.17. The van der Waals surface area contributed by atoms with Gasteiger partial charge in [-0.25, -0.2) is 13.4 Å². The summed E-state index contributed by atoms with van der Waals surface area (Å²) in [5, 5.41) is 5.58. The summed E-state index contributed by atoms with van der Waals surface area (Å²) in [5.74, 6) is -0.152. The Bertz CT molecular complexity index is 964. The van der Waals surface area contributed by atoms with Crippen molar-refractivity contribution >= 4 is 33.1 Å². The molecule has 138 valence electrons. The summed E-state index contributed by atoms with van der Waals surface area (Å²) in [5.41, 5.74) is 1.40. The van der Waals surface area contributed by atoms with Crippen molar-refractivity contribution < 1.29 is 13.2 Å². The Kier molecular flexibility index (Phi) is 5.10. The summed E-state index contributed by atoms with van der Waals surface area (Å²) in [7, 11) is -3.63. The van der Waals surface area contributed by atoms with Crippen LogP contribution in [0.4, 0.5) is 0 Å². The number of nitrogens with one attached hydrogen (secondary N) is 2. The van der Waals surface area contributed by atoms with E-state index in [0.29, 0.717) is 12.1 Å². The van der Waals surface area contributed by atoms with Gasteiger partial charge in [-0.2, -0.15) is 0 Å². The third-order valence-corrected chi connectivity index (χ3v) is 6.28. The third kappa shape index (κ3) is 3.78. The van der Waals surface area contributed by atoms with Gasteiger partial charge in [0, 0.05) is 16.6 Å². The van der Waals surface area contributed by atoms with Crippen LogP contribution in [0.25, 0.3) is 0 Å². The van der Waals surface area contributed by atoms with Crippen molar-refractivity contribution in [2.24, 2.45) is 10.9 Å². The Hall–Kier alpha value is -2.26. The fraction of sp³-hybridized carbons (Fsp3) is 0.353. The number of rotatable bonds is 5. The normalized spacial score (nSPS) is 17.8. The van der Waals surface area contributed by atoms with Gasteiger partial charge in [0.05, 0.1) is 11.4 Å². The molecule has 2 aromatic rings. The third-order valence-electron chi connectivity index (χ3n) is 3.91. The molecule has 9 heteroatoms. The highest BCUT2D eigenvalue weighted by Gasteiger charge is 2.32. The highest BCUT2D eigenvalue weighted by molar-refractivity contribution is 7.90. The molecule has 0 bridgehead atoms. The molecule has 3 rings (SSSR count). The van der Waals surface area contributed by atoms with Gasteiger partial charge < -0.3 is 5.32 Å². The monoisotopic (exact) mass is 392 g/mol. The summed E-state index contributed by atoms with van der Waals surface area (Å²) >= 11 is 1.48. The minimum atomic E-state index is -3.63. The number of amides is 1. The molecule has 0 saturated heterocycles. The number of hydrogen-bond acceptors (Lipinski definition) is 6. The van der Waals surface area contributed by atoms with Crippen molar-refractivity contribution in [3.63, 3.8) is 0 Å². The van der Waals surface area contributed by atoms with Crippen LogP contribution in [0.15, 0.2) is 39.5 Å². The molecule has 26 heavy (non-hydrogen) atoms. The highest BCUT2D eigenvalue weighted by Crippen LogP contribution is 2.23. The van der Waals surface area contributed by atoms with E-state index in [-0.39, 0.29) is 22.6 Å². The maximum atomic E-state index is 12.6. The molecule has 0 aliphatic carbocycles. The molecule has 1 aromatic heterocycles. The average Bonchev–Trinajstić information content (AvgIpc) is 3.11. The molecule has 0 spiro atoms. The molecule has 7 nitrogen and oxygen atoms in total. The molecule has 2 heterocycles. The maximum absolute atomic E-state index is 12.6. The topological polar surface area (TPSA) is 101 Å². The number of nitrogens with zero attached hydrogens (tertiary/aromatic N) is 2. The Morgan fingerprint density at radius 2 is 2.08 bits per heavy atom. The first-order valence-electron chi connectivity index (χ1n) is 8.16. The second-order valence-electron chi connectivity index (χ2n) is 6.37. The van der Waals surface area contributed by atoms with Gasteiger partial charge in [-0.05, 0) is 25.0 Å². The molecule has 2 N–H and O–H groups in total. The van der Waals surface area contributed by atoms with Crippen molar-refractivity contribution in [3.8, 4) is 0 Å². The molecule has 1 amide bonds. The Balaban J connectivity index is 1.82. The molecule has 1 aromatic carbocycles. The van der Waals surface area contributed by atoms with Gasteiger partial charge in [0.2, 0.25) is 5.91 Å². The van der Waals surface area contributed by atoms with Crippen molar-refractivity contribution in [2.75, 3.05) is 0 Å². The number of thiazole rings is 1. The number of aromatic nitrogens is 1. The second kappa shape index (κ2) is 7.16. The predicted molar refractivity (Wildman–Crippen MR) is 101 cm³/mol. The van der Waals surface area contributed by atoms with E-state index in [1.165, 1.54) is 17.4 Å². The number of benzene rings is 1. The van der Waals surface area contributed by atoms with Crippen molar-refractivity contribution in [2.45, 2.75) is 38.3 Å². The largest absolute Gasteiger partial charge is 0.348 e. The van der Waals surface area contributed by atoms with E-state index in [4.69, 9.17) is 0 Å². The fourth-order valence-corrected chi connectivity index (χ4v) is 4.58. The van der Waals surface area contributed by atoms with Crippen molar-refractivity contribution in [1.82, 2.24) is 15.0 Å². The summed E-state index contributed by atoms with van der Waals surface area (Å²) in [4.78, 5) is 21.5. The van der Waals surface area contributed by atoms with Gasteiger partial charge >= 0.3 is 0 Å². The average molecular weight is 393 g/mol. The van der Waals surface area contributed by atoms with Crippen LogP contribution < -0.4 is 10.0 Å². The van der Waals surface area contributed by atoms with E-state index in [1.54, 1.807) is 18.2 Å². The first-order valence-corrected chi connectivity index (χ1v) is 10.5. The van der Waals surface area contributed by atoms with Crippen LogP contribution in [0.2, 0.25) is 0 Å². The van der Waals surface area contributed by atoms with Gasteiger partial charge in [0.1, 0.15) is 16.9 Å². The van der Waals surface area contributed by atoms with E-state index in [0.717, 1.165) is 10.7 Å². The smallest absolute Gasteiger partial charge is 0.263 e. The standard InChI is InChI=1S/C17H20N4O3S2/c1-10(2)15(17(22)18-8-14-19-11(3)9-25-14)20-16-12-6-4-5-7-13(12)26(23,24)21-16/h4-7,9-10,15H,8H2,1-3H3,(H,18,22)(H,20,21)/t15-/m0/s1. The van der Waals surface area contributed by atoms with E-state index in [9.17, 15) is 13.2 Å². The molecular weight excluding hydrogens is 372 g/mol. The maximum Gasteiger partial charge on any atom is 0.263 e. The number of sulfonamides is 1. The Morgan fingerprint density at radius 3 is 2.73 bits per heavy atom. The van der Waals surface area contributed by atoms with Crippen LogP contribution in [0.5, 0.6) is 0 Å². The number of carbonyl (C=O) groups is 1. The molecule has 1 atom stereocenters. The molecule has 1 aliphatic heterocycles. The lowest BCUT2D eigenvalue weighted by molar-refractivity contribution is -0.123. The molecule has 0 radical (unpaired) electrons. The number of aliphatic imine (C=N–C) groups is 1. The minimum absolute atomic E-state index is 0.0993. The molecular formula is C17H20N4O3S2. The highest BCUT2D eigenvalue weighted by atomic mass is 32.2. The van der Waals surface area contributed by atoms with E-state index in [1.807, 2.05) is 26.2 Å². The lowest BCUT2D eigenvalue weighted by atomic mass is 10.0. The van der Waals surface area contributed by atoms with Crippen LogP contribution >= 0.6 is 11.3 Å². The van der Waals surface area contributed by atoms with Crippen LogP contribution in [-0.2, 0) is 21.4 Å². The van der Waals surface area contributed by atoms with Crippen LogP contribution in [0, 0.1) is 12.8 Å². The van der Waals surface area contributed by atoms with Crippen LogP contribution in [0.1, 0.15) is 30.1 Å². The SMILES string of the molecule is Cc1csc(CNC(=O)[C@@H](N=C2NS(=O)(=O)c3ccccc32)C(C)C)n1. The number of fused-ring (bicyclic) bond motifs is 1. The molecule has 0 fully saturated rings. The second-order valence-corrected chi connectivity index (χ2v) is 8.96. The first kappa shape index (κ1) is 18.5. The van der Waals surface area contributed by atoms with Crippen LogP contribution in [0.3, 0.4) is 0 Å². The summed E-state index contributed by atoms with van der Waals surface area (Å²) < 4.78 is 26.8. The van der Waals surface area contributed by atoms with Gasteiger partial charge in [0.25, 0.3) is 10.0 Å². The summed E-state index contributed by atoms with van der Waals surface area (Å²) in [6.45, 7) is 5.97. The van der Waals surface area contributed by atoms with Gasteiger partial charge in [-0.15, -0.1) is 11.3 Å². The molecule has 1 aliphatic rings. The van der Waals surface area contributed by atoms with Gasteiger partial charge in [0.15, 0.2) is 0 Å². The zero-order valence-electron chi connectivity index (χ0n) is 14.7. The number of aryl methyl sites for hydroxylation is 1. The van der Waals surface area contributed by atoms with E-state index < -0.39 is 16.1 Å². The van der Waals surface area contributed by atoms with Gasteiger partial charge in [-0.3, -0.25) is 14.5 Å². The Labute approximate surface area is 156 Å². The molecule has 0 saturated carbocycles. The van der Waals surface area contributed by atoms with Crippen molar-refractivity contribution in [3.05, 3.63) is 45.9 Å². The fourth-order valence-electron chi connectivity index (χ4n) is 2.63. The first-order chi connectivity index (χ1) is 12.3. The van der Waals surface area contributed by atoms with Crippen molar-refractivity contribution in [1.29, 1.82) is 0 Å². The summed E-state index contributed by atoms with van der Waals surface area (Å²) in [6, 6.07) is 5.89. The van der Waals surface area contributed by atoms with E-state index in [2.05, 4.69) is 20.0 Å². The minimum Gasteiger partial charge on any atom is -0.348 e. The number of amidine groups is 1. The van der Waals surface area contributed by atoms with Crippen LogP contribution in [-0.4, -0.2) is 31.2 Å². The molecule has 0 unspecified atom stereocenters. The Morgan fingerprint density at radius 1 is 1.35 bits per heavy atom. The number of hydrogen-bond donors (Lipinski definition) is 2. The lowest BCUT2D eigenvalue weighted by Crippen LogP contribution is -2.38. The quantitative estimate of drug-likeness (QED) is 0.811. The zero-order valence-corrected chi connectivity index (χ0v) is 16.3. The zero-order chi connectivity index (χ0) is 18.9.